The number of hydrogen-bond donors (Lipinski definition) is 2. The molecule has 0 bridgehead atoms. The second kappa shape index (κ2) is 5.83. The zero-order valence-electron chi connectivity index (χ0n) is 8.37. The van der Waals surface area contributed by atoms with Crippen LogP contribution in [0.3, 0.4) is 0 Å². The lowest BCUT2D eigenvalue weighted by molar-refractivity contribution is -0.122. The summed E-state index contributed by atoms with van der Waals surface area (Å²) in [6.45, 7) is -0.202. The third-order valence-corrected chi connectivity index (χ3v) is 2.03. The average Bonchev–Trinajstić information content (AvgIpc) is 2.28. The van der Waals surface area contributed by atoms with E-state index in [1.54, 1.807) is 18.2 Å². The molecule has 0 aliphatic carbocycles. The lowest BCUT2D eigenvalue weighted by Gasteiger charge is -2.06. The van der Waals surface area contributed by atoms with Crippen molar-refractivity contribution < 1.29 is 9.53 Å². The first kappa shape index (κ1) is 12.1. The van der Waals surface area contributed by atoms with Gasteiger partial charge in [0.1, 0.15) is 12.3 Å². The van der Waals surface area contributed by atoms with Crippen molar-refractivity contribution in [1.29, 1.82) is 5.26 Å². The number of amides is 1. The molecule has 0 heterocycles. The number of rotatable bonds is 4. The van der Waals surface area contributed by atoms with E-state index in [-0.39, 0.29) is 19.1 Å². The number of nitrogens with two attached hydrogens (primary N) is 1. The Bertz CT molecular complexity index is 429. The molecule has 0 saturated carbocycles. The number of benzene rings is 1. The van der Waals surface area contributed by atoms with Crippen molar-refractivity contribution in [3.63, 3.8) is 0 Å². The predicted octanol–water partition coefficient (Wildman–Crippen LogP) is 0.941. The van der Waals surface area contributed by atoms with E-state index < -0.39 is 0 Å². The van der Waals surface area contributed by atoms with Gasteiger partial charge in [-0.25, -0.2) is 0 Å². The van der Waals surface area contributed by atoms with Gasteiger partial charge in [0.2, 0.25) is 0 Å². The predicted molar refractivity (Wildman–Crippen MR) is 60.0 cm³/mol. The van der Waals surface area contributed by atoms with Gasteiger partial charge in [0.05, 0.1) is 16.8 Å². The zero-order valence-corrected chi connectivity index (χ0v) is 9.12. The molecule has 16 heavy (non-hydrogen) atoms. The molecule has 0 aliphatic rings. The molecule has 84 valence electrons. The van der Waals surface area contributed by atoms with Crippen LogP contribution in [-0.4, -0.2) is 19.1 Å². The van der Waals surface area contributed by atoms with Crippen LogP contribution in [0.5, 0.6) is 5.75 Å². The highest BCUT2D eigenvalue weighted by molar-refractivity contribution is 6.33. The van der Waals surface area contributed by atoms with Crippen LogP contribution in [0.25, 0.3) is 0 Å². The number of ether oxygens (including phenoxy) is 1. The van der Waals surface area contributed by atoms with Crippen molar-refractivity contribution in [1.82, 2.24) is 5.32 Å². The number of halogens is 1. The van der Waals surface area contributed by atoms with Gasteiger partial charge in [-0.3, -0.25) is 4.79 Å². The Kier molecular flexibility index (Phi) is 4.42. The van der Waals surface area contributed by atoms with E-state index in [0.717, 1.165) is 0 Å². The lowest BCUT2D eigenvalue weighted by atomic mass is 10.3. The molecule has 1 aromatic carbocycles. The molecule has 1 amide bonds. The molecule has 0 saturated heterocycles. The SMILES string of the molecule is N#CCNC(=O)COc1ccc(N)c(Cl)c1. The molecule has 0 aromatic heterocycles. The standard InChI is InChI=1S/C10H10ClN3O2/c11-8-5-7(1-2-9(8)13)16-6-10(15)14-4-3-12/h1-2,5H,4,6,13H2,(H,14,15). The van der Waals surface area contributed by atoms with Crippen molar-refractivity contribution >= 4 is 23.2 Å². The summed E-state index contributed by atoms with van der Waals surface area (Å²) in [5, 5.41) is 10.9. The molecule has 6 heteroatoms. The molecular weight excluding hydrogens is 230 g/mol. The van der Waals surface area contributed by atoms with E-state index in [2.05, 4.69) is 5.32 Å². The Morgan fingerprint density at radius 1 is 1.62 bits per heavy atom. The minimum Gasteiger partial charge on any atom is -0.484 e. The molecule has 0 fully saturated rings. The van der Waals surface area contributed by atoms with Gasteiger partial charge < -0.3 is 15.8 Å². The Morgan fingerprint density at radius 2 is 2.38 bits per heavy atom. The van der Waals surface area contributed by atoms with Crippen LogP contribution >= 0.6 is 11.6 Å². The van der Waals surface area contributed by atoms with E-state index in [0.29, 0.717) is 16.5 Å². The molecule has 0 aliphatic heterocycles. The monoisotopic (exact) mass is 239 g/mol. The number of anilines is 1. The van der Waals surface area contributed by atoms with Crippen molar-refractivity contribution in [2.24, 2.45) is 0 Å². The summed E-state index contributed by atoms with van der Waals surface area (Å²) in [7, 11) is 0. The molecular formula is C10H10ClN3O2. The highest BCUT2D eigenvalue weighted by Gasteiger charge is 2.03. The molecule has 5 nitrogen and oxygen atoms in total. The number of nitriles is 1. The van der Waals surface area contributed by atoms with Gasteiger partial charge in [-0.1, -0.05) is 11.6 Å². The fraction of sp³-hybridized carbons (Fsp3) is 0.200. The molecule has 0 atom stereocenters. The molecule has 0 radical (unpaired) electrons. The summed E-state index contributed by atoms with van der Waals surface area (Å²) >= 11 is 5.76. The van der Waals surface area contributed by atoms with Crippen molar-refractivity contribution in [3.05, 3.63) is 23.2 Å². The maximum Gasteiger partial charge on any atom is 0.258 e. The number of nitrogen functional groups attached to an aromatic ring is 1. The summed E-state index contributed by atoms with van der Waals surface area (Å²) in [5.41, 5.74) is 5.95. The summed E-state index contributed by atoms with van der Waals surface area (Å²) in [6.07, 6.45) is 0. The fourth-order valence-electron chi connectivity index (χ4n) is 0.936. The summed E-state index contributed by atoms with van der Waals surface area (Å²) < 4.78 is 5.14. The van der Waals surface area contributed by atoms with Gasteiger partial charge in [-0.2, -0.15) is 5.26 Å². The van der Waals surface area contributed by atoms with Gasteiger partial charge in [0.15, 0.2) is 6.61 Å². The third kappa shape index (κ3) is 3.67. The first-order valence-corrected chi connectivity index (χ1v) is 4.82. The number of carbonyl (C=O) groups is 1. The molecule has 1 aromatic rings. The number of hydrogen-bond acceptors (Lipinski definition) is 4. The van der Waals surface area contributed by atoms with Crippen LogP contribution in [-0.2, 0) is 4.79 Å². The van der Waals surface area contributed by atoms with Crippen LogP contribution in [0.4, 0.5) is 5.69 Å². The third-order valence-electron chi connectivity index (χ3n) is 1.71. The van der Waals surface area contributed by atoms with Crippen LogP contribution in [0, 0.1) is 11.3 Å². The summed E-state index contributed by atoms with van der Waals surface area (Å²) in [6, 6.07) is 6.51. The zero-order chi connectivity index (χ0) is 12.0. The quantitative estimate of drug-likeness (QED) is 0.605. The smallest absolute Gasteiger partial charge is 0.258 e. The van der Waals surface area contributed by atoms with Crippen LogP contribution in [0.1, 0.15) is 0 Å². The normalized spacial score (nSPS) is 9.25. The largest absolute Gasteiger partial charge is 0.484 e. The maximum atomic E-state index is 11.1. The van der Waals surface area contributed by atoms with Crippen molar-refractivity contribution in [2.45, 2.75) is 0 Å². The Hall–Kier alpha value is -1.93. The van der Waals surface area contributed by atoms with E-state index >= 15 is 0 Å². The highest BCUT2D eigenvalue weighted by atomic mass is 35.5. The Morgan fingerprint density at radius 3 is 3.00 bits per heavy atom. The van der Waals surface area contributed by atoms with Crippen molar-refractivity contribution in [2.75, 3.05) is 18.9 Å². The number of carbonyl (C=O) groups excluding carboxylic acids is 1. The molecule has 3 N–H and O–H groups in total. The van der Waals surface area contributed by atoms with E-state index in [1.165, 1.54) is 6.07 Å². The van der Waals surface area contributed by atoms with Crippen LogP contribution in [0.15, 0.2) is 18.2 Å². The summed E-state index contributed by atoms with van der Waals surface area (Å²) in [5.74, 6) is 0.0841. The lowest BCUT2D eigenvalue weighted by Crippen LogP contribution is -2.29. The fourth-order valence-corrected chi connectivity index (χ4v) is 1.11. The first-order valence-electron chi connectivity index (χ1n) is 4.45. The van der Waals surface area contributed by atoms with E-state index in [1.807, 2.05) is 0 Å². The number of nitrogens with zero attached hydrogens (tertiary/aromatic N) is 1. The minimum absolute atomic E-state index is 0.0370. The summed E-state index contributed by atoms with van der Waals surface area (Å²) in [4.78, 5) is 11.1. The van der Waals surface area contributed by atoms with Gasteiger partial charge in [-0.05, 0) is 12.1 Å². The minimum atomic E-state index is -0.366. The first-order chi connectivity index (χ1) is 7.63. The van der Waals surface area contributed by atoms with Gasteiger partial charge >= 0.3 is 0 Å². The van der Waals surface area contributed by atoms with Gasteiger partial charge in [0.25, 0.3) is 5.91 Å². The van der Waals surface area contributed by atoms with Crippen molar-refractivity contribution in [3.8, 4) is 11.8 Å². The second-order valence-corrected chi connectivity index (χ2v) is 3.31. The van der Waals surface area contributed by atoms with Gasteiger partial charge in [-0.15, -0.1) is 0 Å². The Balaban J connectivity index is 2.46. The van der Waals surface area contributed by atoms with E-state index in [4.69, 9.17) is 27.3 Å². The molecule has 0 unspecified atom stereocenters. The van der Waals surface area contributed by atoms with Crippen LogP contribution in [0.2, 0.25) is 5.02 Å². The van der Waals surface area contributed by atoms with E-state index in [9.17, 15) is 4.79 Å². The molecule has 0 spiro atoms. The number of nitrogens with one attached hydrogen (secondary N) is 1. The Labute approximate surface area is 97.8 Å². The maximum absolute atomic E-state index is 11.1. The molecule has 1 rings (SSSR count). The van der Waals surface area contributed by atoms with Crippen LogP contribution < -0.4 is 15.8 Å². The average molecular weight is 240 g/mol. The highest BCUT2D eigenvalue weighted by Crippen LogP contribution is 2.23. The second-order valence-electron chi connectivity index (χ2n) is 2.91. The topological polar surface area (TPSA) is 88.1 Å². The van der Waals surface area contributed by atoms with Gasteiger partial charge in [0, 0.05) is 6.07 Å².